The first-order chi connectivity index (χ1) is 12.3. The molecule has 1 aromatic carbocycles. The van der Waals surface area contributed by atoms with Crippen molar-refractivity contribution in [1.29, 1.82) is 0 Å². The lowest BCUT2D eigenvalue weighted by Gasteiger charge is -2.19. The summed E-state index contributed by atoms with van der Waals surface area (Å²) >= 11 is 0. The van der Waals surface area contributed by atoms with Crippen molar-refractivity contribution >= 4 is 29.4 Å². The highest BCUT2D eigenvalue weighted by molar-refractivity contribution is 6.02. The van der Waals surface area contributed by atoms with E-state index in [0.29, 0.717) is 5.69 Å². The van der Waals surface area contributed by atoms with Crippen LogP contribution in [-0.4, -0.2) is 29.7 Å². The third kappa shape index (κ3) is 4.69. The number of amides is 1. The van der Waals surface area contributed by atoms with Crippen LogP contribution in [0.4, 0.5) is 10.5 Å². The van der Waals surface area contributed by atoms with E-state index in [1.165, 1.54) is 0 Å². The number of rotatable bonds is 2. The maximum absolute atomic E-state index is 12.0. The van der Waals surface area contributed by atoms with Gasteiger partial charge in [-0.25, -0.2) is 4.79 Å². The van der Waals surface area contributed by atoms with Gasteiger partial charge in [0.15, 0.2) is 0 Å². The van der Waals surface area contributed by atoms with Gasteiger partial charge in [-0.15, -0.1) is 0 Å². The molecule has 1 aromatic rings. The molecule has 26 heavy (non-hydrogen) atoms. The summed E-state index contributed by atoms with van der Waals surface area (Å²) in [6.07, 6.45) is 8.33. The van der Waals surface area contributed by atoms with Crippen molar-refractivity contribution < 1.29 is 9.53 Å². The Hall–Kier alpha value is -2.69. The van der Waals surface area contributed by atoms with Crippen LogP contribution in [0, 0.1) is 5.92 Å². The molecule has 5 nitrogen and oxygen atoms in total. The number of ether oxygens (including phenoxy) is 1. The molecule has 2 bridgehead atoms. The fraction of sp³-hybridized carbons (Fsp3) is 0.381. The molecule has 3 rings (SSSR count). The van der Waals surface area contributed by atoms with Gasteiger partial charge in [0, 0.05) is 29.6 Å². The second-order valence-electron chi connectivity index (χ2n) is 7.65. The van der Waals surface area contributed by atoms with Gasteiger partial charge in [0.2, 0.25) is 0 Å². The number of aliphatic imine (C=N–C) groups is 2. The molecule has 2 unspecified atom stereocenters. The Bertz CT molecular complexity index is 813. The molecule has 0 fully saturated rings. The monoisotopic (exact) mass is 351 g/mol. The number of benzene rings is 1. The average molecular weight is 351 g/mol. The number of fused-ring (bicyclic) bond motifs is 2. The molecular formula is C21H25N3O2. The van der Waals surface area contributed by atoms with Crippen LogP contribution in [0.2, 0.25) is 0 Å². The van der Waals surface area contributed by atoms with Crippen LogP contribution >= 0.6 is 0 Å². The minimum Gasteiger partial charge on any atom is -0.444 e. The van der Waals surface area contributed by atoms with Crippen LogP contribution in [0.15, 0.2) is 52.5 Å². The predicted octanol–water partition coefficient (Wildman–Crippen LogP) is 4.86. The molecule has 0 aliphatic carbocycles. The van der Waals surface area contributed by atoms with Crippen molar-refractivity contribution in [1.82, 2.24) is 0 Å². The average Bonchev–Trinajstić information content (AvgIpc) is 2.86. The number of nitrogens with zero attached hydrogens (tertiary/aromatic N) is 2. The summed E-state index contributed by atoms with van der Waals surface area (Å²) < 4.78 is 5.32. The molecule has 0 aromatic heterocycles. The Labute approximate surface area is 154 Å². The molecular weight excluding hydrogens is 326 g/mol. The van der Waals surface area contributed by atoms with Gasteiger partial charge in [-0.1, -0.05) is 25.1 Å². The summed E-state index contributed by atoms with van der Waals surface area (Å²) in [6.45, 7) is 7.68. The smallest absolute Gasteiger partial charge is 0.412 e. The molecule has 1 N–H and O–H groups in total. The van der Waals surface area contributed by atoms with Gasteiger partial charge in [-0.05, 0) is 51.0 Å². The van der Waals surface area contributed by atoms with Gasteiger partial charge in [0.25, 0.3) is 0 Å². The van der Waals surface area contributed by atoms with Gasteiger partial charge >= 0.3 is 6.09 Å². The minimum atomic E-state index is -0.532. The van der Waals surface area contributed by atoms with Crippen LogP contribution in [0.3, 0.4) is 0 Å². The van der Waals surface area contributed by atoms with E-state index >= 15 is 0 Å². The number of allylic oxidation sites excluding steroid dienone is 2. The number of carbonyl (C=O) groups excluding carboxylic acids is 1. The third-order valence-electron chi connectivity index (χ3n) is 4.17. The Balaban J connectivity index is 1.84. The zero-order valence-corrected chi connectivity index (χ0v) is 15.7. The number of carbonyl (C=O) groups is 1. The molecule has 0 saturated carbocycles. The SMILES string of the molecule is CC1C=C(c2cccc(NC(=O)OC(C)(C)C)c2)N=C2C=CC=NC1C2. The first kappa shape index (κ1) is 18.1. The van der Waals surface area contributed by atoms with E-state index in [0.717, 1.165) is 23.4 Å². The fourth-order valence-corrected chi connectivity index (χ4v) is 2.94. The van der Waals surface area contributed by atoms with Gasteiger partial charge in [-0.3, -0.25) is 15.3 Å². The lowest BCUT2D eigenvalue weighted by Crippen LogP contribution is -2.27. The first-order valence-electron chi connectivity index (χ1n) is 8.90. The Morgan fingerprint density at radius 1 is 1.31 bits per heavy atom. The first-order valence-corrected chi connectivity index (χ1v) is 8.90. The summed E-state index contributed by atoms with van der Waals surface area (Å²) in [7, 11) is 0. The van der Waals surface area contributed by atoms with Crippen molar-refractivity contribution in [2.24, 2.45) is 15.9 Å². The number of hydrogen-bond acceptors (Lipinski definition) is 4. The lowest BCUT2D eigenvalue weighted by atomic mass is 9.97. The highest BCUT2D eigenvalue weighted by Gasteiger charge is 2.22. The maximum Gasteiger partial charge on any atom is 0.412 e. The number of anilines is 1. The predicted molar refractivity (Wildman–Crippen MR) is 107 cm³/mol. The van der Waals surface area contributed by atoms with E-state index in [2.05, 4.69) is 23.3 Å². The van der Waals surface area contributed by atoms with Crippen molar-refractivity contribution in [3.63, 3.8) is 0 Å². The summed E-state index contributed by atoms with van der Waals surface area (Å²) in [5.41, 5.74) is 3.04. The highest BCUT2D eigenvalue weighted by Crippen LogP contribution is 2.28. The maximum atomic E-state index is 12.0. The van der Waals surface area contributed by atoms with Crippen LogP contribution < -0.4 is 5.32 Å². The standard InChI is InChI=1S/C21H25N3O2/c1-14-11-19(23-17-9-6-10-22-18(14)13-17)15-7-5-8-16(12-15)24-20(25)26-21(2,3)4/h5-12,14,18H,13H2,1-4H3,(H,24,25). The molecule has 5 heteroatoms. The molecule has 1 amide bonds. The van der Waals surface area contributed by atoms with E-state index in [1.54, 1.807) is 0 Å². The largest absolute Gasteiger partial charge is 0.444 e. The topological polar surface area (TPSA) is 63.0 Å². The van der Waals surface area contributed by atoms with Gasteiger partial charge in [0.05, 0.1) is 11.7 Å². The van der Waals surface area contributed by atoms with Gasteiger partial charge in [-0.2, -0.15) is 0 Å². The molecule has 2 heterocycles. The highest BCUT2D eigenvalue weighted by atomic mass is 16.6. The van der Waals surface area contributed by atoms with Crippen molar-refractivity contribution in [2.75, 3.05) is 5.32 Å². The quantitative estimate of drug-likeness (QED) is 0.826. The third-order valence-corrected chi connectivity index (χ3v) is 4.17. The molecule has 0 saturated heterocycles. The molecule has 2 aliphatic heterocycles. The zero-order chi connectivity index (χ0) is 18.7. The van der Waals surface area contributed by atoms with E-state index < -0.39 is 11.7 Å². The minimum absolute atomic E-state index is 0.212. The molecule has 2 atom stereocenters. The normalized spacial score (nSPS) is 22.0. The molecule has 0 spiro atoms. The molecule has 2 aliphatic rings. The van der Waals surface area contributed by atoms with E-state index in [9.17, 15) is 4.79 Å². The molecule has 0 radical (unpaired) electrons. The summed E-state index contributed by atoms with van der Waals surface area (Å²) in [6, 6.07) is 7.88. The van der Waals surface area contributed by atoms with E-state index in [4.69, 9.17) is 9.73 Å². The number of nitrogens with one attached hydrogen (secondary N) is 1. The van der Waals surface area contributed by atoms with Crippen molar-refractivity contribution in [3.05, 3.63) is 48.1 Å². The second-order valence-corrected chi connectivity index (χ2v) is 7.65. The van der Waals surface area contributed by atoms with Crippen molar-refractivity contribution in [2.45, 2.75) is 45.8 Å². The summed E-state index contributed by atoms with van der Waals surface area (Å²) in [5.74, 6) is 0.282. The van der Waals surface area contributed by atoms with Crippen LogP contribution in [0.1, 0.15) is 39.7 Å². The Kier molecular flexibility index (Phi) is 5.07. The van der Waals surface area contributed by atoms with Crippen LogP contribution in [0.5, 0.6) is 0 Å². The van der Waals surface area contributed by atoms with E-state index in [1.807, 2.05) is 63.4 Å². The second kappa shape index (κ2) is 7.28. The zero-order valence-electron chi connectivity index (χ0n) is 15.7. The lowest BCUT2D eigenvalue weighted by molar-refractivity contribution is 0.0636. The number of hydrogen-bond donors (Lipinski definition) is 1. The summed E-state index contributed by atoms with van der Waals surface area (Å²) in [5, 5.41) is 2.79. The van der Waals surface area contributed by atoms with Crippen LogP contribution in [0.25, 0.3) is 5.70 Å². The molecule has 136 valence electrons. The van der Waals surface area contributed by atoms with Gasteiger partial charge in [0.1, 0.15) is 5.60 Å². The Morgan fingerprint density at radius 2 is 2.12 bits per heavy atom. The van der Waals surface area contributed by atoms with Crippen molar-refractivity contribution in [3.8, 4) is 0 Å². The van der Waals surface area contributed by atoms with Crippen LogP contribution in [-0.2, 0) is 4.74 Å². The van der Waals surface area contributed by atoms with E-state index in [-0.39, 0.29) is 12.0 Å². The summed E-state index contributed by atoms with van der Waals surface area (Å²) in [4.78, 5) is 21.4. The fourth-order valence-electron chi connectivity index (χ4n) is 2.94. The Morgan fingerprint density at radius 3 is 2.88 bits per heavy atom. The van der Waals surface area contributed by atoms with Gasteiger partial charge < -0.3 is 4.74 Å².